The van der Waals surface area contributed by atoms with Crippen LogP contribution in [-0.2, 0) is 11.4 Å². The number of oxazole rings is 1. The minimum Gasteiger partial charge on any atom is -0.489 e. The number of nitrogens with one attached hydrogen (secondary N) is 1. The molecule has 1 amide bonds. The number of nitrogens with zero attached hydrogens (tertiary/aromatic N) is 1. The highest BCUT2D eigenvalue weighted by molar-refractivity contribution is 6.04. The van der Waals surface area contributed by atoms with Crippen LogP contribution in [0.3, 0.4) is 0 Å². The molecule has 0 bridgehead atoms. The molecule has 0 spiro atoms. The Balaban J connectivity index is 1.24. The molecule has 1 N–H and O–H groups in total. The summed E-state index contributed by atoms with van der Waals surface area (Å²) < 4.78 is 11.7. The van der Waals surface area contributed by atoms with Crippen LogP contribution in [0.2, 0.25) is 0 Å². The van der Waals surface area contributed by atoms with E-state index in [0.29, 0.717) is 23.8 Å². The van der Waals surface area contributed by atoms with E-state index < -0.39 is 0 Å². The van der Waals surface area contributed by atoms with Crippen molar-refractivity contribution in [2.24, 2.45) is 0 Å². The van der Waals surface area contributed by atoms with Gasteiger partial charge in [0.2, 0.25) is 11.8 Å². The van der Waals surface area contributed by atoms with Crippen molar-refractivity contribution in [1.29, 1.82) is 0 Å². The summed E-state index contributed by atoms with van der Waals surface area (Å²) in [5, 5.41) is 2.93. The highest BCUT2D eigenvalue weighted by atomic mass is 16.5. The number of hydrogen-bond acceptors (Lipinski definition) is 4. The molecule has 35 heavy (non-hydrogen) atoms. The lowest BCUT2D eigenvalue weighted by Crippen LogP contribution is -2.08. The molecule has 1 heterocycles. The maximum absolute atomic E-state index is 12.6. The summed E-state index contributed by atoms with van der Waals surface area (Å²) in [5.41, 5.74) is 5.98. The summed E-state index contributed by atoms with van der Waals surface area (Å²) in [6.45, 7) is 2.52. The first-order valence-corrected chi connectivity index (χ1v) is 11.4. The van der Waals surface area contributed by atoms with Crippen LogP contribution in [0.25, 0.3) is 28.6 Å². The SMILES string of the molecule is Cc1ccc2oc(-c3ccccc3NC(=O)C=Cc3ccc(OCc4ccccc4)cc3)nc2c1. The Hall–Kier alpha value is -4.64. The quantitative estimate of drug-likeness (QED) is 0.265. The summed E-state index contributed by atoms with van der Waals surface area (Å²) in [5.74, 6) is 1.00. The number of carbonyl (C=O) groups is 1. The van der Waals surface area contributed by atoms with Gasteiger partial charge in [0.05, 0.1) is 11.3 Å². The molecule has 0 atom stereocenters. The van der Waals surface area contributed by atoms with Crippen molar-refractivity contribution in [3.05, 3.63) is 120 Å². The molecule has 0 aliphatic rings. The van der Waals surface area contributed by atoms with Crippen molar-refractivity contribution in [3.63, 3.8) is 0 Å². The maximum atomic E-state index is 12.6. The molecule has 0 saturated heterocycles. The van der Waals surface area contributed by atoms with Crippen LogP contribution in [0.4, 0.5) is 5.69 Å². The fraction of sp³-hybridized carbons (Fsp3) is 0.0667. The fourth-order valence-electron chi connectivity index (χ4n) is 3.69. The summed E-state index contributed by atoms with van der Waals surface area (Å²) in [6, 6.07) is 31.0. The molecule has 0 radical (unpaired) electrons. The average molecular weight is 461 g/mol. The van der Waals surface area contributed by atoms with Crippen molar-refractivity contribution in [2.45, 2.75) is 13.5 Å². The van der Waals surface area contributed by atoms with Gasteiger partial charge in [-0.05, 0) is 66.1 Å². The number of amides is 1. The molecule has 172 valence electrons. The number of benzene rings is 4. The predicted octanol–water partition coefficient (Wildman–Crippen LogP) is 7.03. The first-order chi connectivity index (χ1) is 17.1. The zero-order chi connectivity index (χ0) is 24.0. The van der Waals surface area contributed by atoms with Gasteiger partial charge in [-0.15, -0.1) is 0 Å². The predicted molar refractivity (Wildman–Crippen MR) is 139 cm³/mol. The van der Waals surface area contributed by atoms with Gasteiger partial charge in [-0.1, -0.05) is 60.7 Å². The second kappa shape index (κ2) is 10.1. The molecule has 0 fully saturated rings. The van der Waals surface area contributed by atoms with E-state index in [1.165, 1.54) is 6.08 Å². The summed E-state index contributed by atoms with van der Waals surface area (Å²) >= 11 is 0. The fourth-order valence-corrected chi connectivity index (χ4v) is 3.69. The Kier molecular flexibility index (Phi) is 6.39. The van der Waals surface area contributed by atoms with Gasteiger partial charge in [0.25, 0.3) is 0 Å². The van der Waals surface area contributed by atoms with E-state index in [1.54, 1.807) is 6.08 Å². The van der Waals surface area contributed by atoms with E-state index >= 15 is 0 Å². The topological polar surface area (TPSA) is 64.4 Å². The number of para-hydroxylation sites is 1. The monoisotopic (exact) mass is 460 g/mol. The molecule has 0 saturated carbocycles. The number of fused-ring (bicyclic) bond motifs is 1. The van der Waals surface area contributed by atoms with Gasteiger partial charge in [0, 0.05) is 6.08 Å². The molecule has 5 heteroatoms. The first kappa shape index (κ1) is 22.2. The molecule has 1 aromatic heterocycles. The van der Waals surface area contributed by atoms with Crippen molar-refractivity contribution < 1.29 is 13.9 Å². The van der Waals surface area contributed by atoms with Gasteiger partial charge in [-0.2, -0.15) is 0 Å². The second-order valence-corrected chi connectivity index (χ2v) is 8.20. The van der Waals surface area contributed by atoms with Crippen molar-refractivity contribution in [1.82, 2.24) is 4.98 Å². The Bertz CT molecular complexity index is 1490. The molecular weight excluding hydrogens is 436 g/mol. The minimum atomic E-state index is -0.242. The zero-order valence-corrected chi connectivity index (χ0v) is 19.3. The molecule has 5 nitrogen and oxygen atoms in total. The molecule has 0 aliphatic heterocycles. The Morgan fingerprint density at radius 3 is 2.54 bits per heavy atom. The summed E-state index contributed by atoms with van der Waals surface area (Å²) in [4.78, 5) is 17.2. The lowest BCUT2D eigenvalue weighted by molar-refractivity contribution is -0.111. The van der Waals surface area contributed by atoms with Gasteiger partial charge in [-0.3, -0.25) is 4.79 Å². The smallest absolute Gasteiger partial charge is 0.248 e. The van der Waals surface area contributed by atoms with E-state index in [-0.39, 0.29) is 5.91 Å². The van der Waals surface area contributed by atoms with Crippen LogP contribution >= 0.6 is 0 Å². The van der Waals surface area contributed by atoms with E-state index in [1.807, 2.05) is 104 Å². The number of rotatable bonds is 7. The average Bonchev–Trinajstić information content (AvgIpc) is 3.31. The van der Waals surface area contributed by atoms with Crippen LogP contribution in [0, 0.1) is 6.92 Å². The molecule has 0 unspecified atom stereocenters. The number of ether oxygens (including phenoxy) is 1. The molecule has 4 aromatic carbocycles. The van der Waals surface area contributed by atoms with Crippen LogP contribution in [-0.4, -0.2) is 10.9 Å². The lowest BCUT2D eigenvalue weighted by atomic mass is 10.1. The van der Waals surface area contributed by atoms with Crippen molar-refractivity contribution in [2.75, 3.05) is 5.32 Å². The third-order valence-corrected chi connectivity index (χ3v) is 5.51. The maximum Gasteiger partial charge on any atom is 0.248 e. The lowest BCUT2D eigenvalue weighted by Gasteiger charge is -2.07. The van der Waals surface area contributed by atoms with E-state index in [9.17, 15) is 4.79 Å². The third-order valence-electron chi connectivity index (χ3n) is 5.51. The standard InChI is InChI=1S/C30H24N2O3/c1-21-11-17-28-27(19-21)32-30(35-28)25-9-5-6-10-26(25)31-29(33)18-14-22-12-15-24(16-13-22)34-20-23-7-3-2-4-8-23/h2-19H,20H2,1H3,(H,31,33). The van der Waals surface area contributed by atoms with Crippen molar-refractivity contribution in [3.8, 4) is 17.2 Å². The molecule has 0 aliphatic carbocycles. The van der Waals surface area contributed by atoms with Gasteiger partial charge in [0.1, 0.15) is 17.9 Å². The third kappa shape index (κ3) is 5.47. The normalized spacial score (nSPS) is 11.1. The van der Waals surface area contributed by atoms with Crippen LogP contribution in [0.1, 0.15) is 16.7 Å². The number of aromatic nitrogens is 1. The summed E-state index contributed by atoms with van der Waals surface area (Å²) in [6.07, 6.45) is 3.27. The Labute approximate surface area is 203 Å². The zero-order valence-electron chi connectivity index (χ0n) is 19.3. The van der Waals surface area contributed by atoms with E-state index in [4.69, 9.17) is 9.15 Å². The highest BCUT2D eigenvalue weighted by Gasteiger charge is 2.13. The number of anilines is 1. The summed E-state index contributed by atoms with van der Waals surface area (Å²) in [7, 11) is 0. The van der Waals surface area contributed by atoms with Gasteiger partial charge < -0.3 is 14.5 Å². The van der Waals surface area contributed by atoms with Gasteiger partial charge in [0.15, 0.2) is 5.58 Å². The minimum absolute atomic E-state index is 0.242. The number of carbonyl (C=O) groups excluding carboxylic acids is 1. The Morgan fingerprint density at radius 1 is 0.943 bits per heavy atom. The van der Waals surface area contributed by atoms with Crippen molar-refractivity contribution >= 4 is 28.8 Å². The Morgan fingerprint density at radius 2 is 1.71 bits per heavy atom. The first-order valence-electron chi connectivity index (χ1n) is 11.4. The molecule has 5 aromatic rings. The second-order valence-electron chi connectivity index (χ2n) is 8.20. The number of aryl methyl sites for hydroxylation is 1. The largest absolute Gasteiger partial charge is 0.489 e. The van der Waals surface area contributed by atoms with Crippen LogP contribution in [0.5, 0.6) is 5.75 Å². The highest BCUT2D eigenvalue weighted by Crippen LogP contribution is 2.30. The molecule has 5 rings (SSSR count). The van der Waals surface area contributed by atoms with Gasteiger partial charge >= 0.3 is 0 Å². The van der Waals surface area contributed by atoms with Crippen LogP contribution < -0.4 is 10.1 Å². The molecular formula is C30H24N2O3. The van der Waals surface area contributed by atoms with Gasteiger partial charge in [-0.25, -0.2) is 4.98 Å². The van der Waals surface area contributed by atoms with Crippen LogP contribution in [0.15, 0.2) is 108 Å². The van der Waals surface area contributed by atoms with E-state index in [0.717, 1.165) is 33.5 Å². The number of hydrogen-bond donors (Lipinski definition) is 1. The van der Waals surface area contributed by atoms with E-state index in [2.05, 4.69) is 10.3 Å².